The zero-order chi connectivity index (χ0) is 8.41. The second-order valence-electron chi connectivity index (χ2n) is 2.50. The molecule has 0 heterocycles. The van der Waals surface area contributed by atoms with E-state index in [1.165, 1.54) is 20.9 Å². The van der Waals surface area contributed by atoms with Gasteiger partial charge in [-0.2, -0.15) is 0 Å². The molecule has 0 rings (SSSR count). The second kappa shape index (κ2) is 2.86. The Labute approximate surface area is 61.2 Å². The van der Waals surface area contributed by atoms with Crippen molar-refractivity contribution in [1.29, 1.82) is 0 Å². The monoisotopic (exact) mass is 167 g/mol. The van der Waals surface area contributed by atoms with Crippen LogP contribution < -0.4 is 5.32 Å². The van der Waals surface area contributed by atoms with Crippen molar-refractivity contribution in [1.82, 2.24) is 5.32 Å². The van der Waals surface area contributed by atoms with Gasteiger partial charge in [0, 0.05) is 0 Å². The number of hydrogen-bond donors (Lipinski definition) is 2. The molecule has 0 aliphatic heterocycles. The van der Waals surface area contributed by atoms with Gasteiger partial charge in [-0.25, -0.2) is 8.42 Å². The Kier molecular flexibility index (Phi) is 2.82. The summed E-state index contributed by atoms with van der Waals surface area (Å²) in [5.74, 6) is -0.819. The first-order chi connectivity index (χ1) is 4.37. The van der Waals surface area contributed by atoms with Crippen LogP contribution in [0.2, 0.25) is 0 Å². The number of aliphatic hydroxyl groups excluding tert-OH is 1. The quantitative estimate of drug-likeness (QED) is 0.583. The Morgan fingerprint density at radius 2 is 1.90 bits per heavy atom. The summed E-state index contributed by atoms with van der Waals surface area (Å²) in [6.07, 6.45) is 0. The van der Waals surface area contributed by atoms with E-state index in [0.717, 1.165) is 0 Å². The van der Waals surface area contributed by atoms with Gasteiger partial charge in [0.1, 0.15) is 10.8 Å². The lowest BCUT2D eigenvalue weighted by Crippen LogP contribution is -2.45. The van der Waals surface area contributed by atoms with Crippen molar-refractivity contribution >= 4 is 9.84 Å². The van der Waals surface area contributed by atoms with Crippen molar-refractivity contribution < 1.29 is 13.5 Å². The van der Waals surface area contributed by atoms with Crippen LogP contribution in [0.1, 0.15) is 13.8 Å². The van der Waals surface area contributed by atoms with E-state index >= 15 is 0 Å². The fourth-order valence-electron chi connectivity index (χ4n) is 0.317. The zero-order valence-electron chi connectivity index (χ0n) is 6.38. The highest BCUT2D eigenvalue weighted by Gasteiger charge is 2.31. The highest BCUT2D eigenvalue weighted by molar-refractivity contribution is 7.92. The maximum atomic E-state index is 10.9. The molecule has 0 spiro atoms. The predicted molar refractivity (Wildman–Crippen MR) is 39.1 cm³/mol. The molecule has 4 nitrogen and oxygen atoms in total. The van der Waals surface area contributed by atoms with Gasteiger partial charge in [-0.1, -0.05) is 0 Å². The third-order valence-corrected chi connectivity index (χ3v) is 3.65. The van der Waals surface area contributed by atoms with Crippen molar-refractivity contribution in [2.45, 2.75) is 18.7 Å². The van der Waals surface area contributed by atoms with E-state index in [4.69, 9.17) is 5.11 Å². The van der Waals surface area contributed by atoms with Gasteiger partial charge in [0.15, 0.2) is 9.84 Å². The third-order valence-electron chi connectivity index (χ3n) is 1.55. The van der Waals surface area contributed by atoms with Gasteiger partial charge in [0.05, 0.1) is 0 Å². The predicted octanol–water partition coefficient (Wildman–Crippen LogP) is -0.694. The van der Waals surface area contributed by atoms with Gasteiger partial charge in [-0.3, -0.25) is 0 Å². The van der Waals surface area contributed by atoms with Gasteiger partial charge >= 0.3 is 0 Å². The lowest BCUT2D eigenvalue weighted by atomic mass is 10.4. The molecule has 0 aromatic carbocycles. The summed E-state index contributed by atoms with van der Waals surface area (Å²) in [5.41, 5.74) is 0. The first kappa shape index (κ1) is 9.87. The molecule has 0 aromatic rings. The smallest absolute Gasteiger partial charge is 0.192 e. The zero-order valence-corrected chi connectivity index (χ0v) is 7.20. The van der Waals surface area contributed by atoms with Crippen molar-refractivity contribution in [2.75, 3.05) is 13.0 Å². The molecule has 0 atom stereocenters. The number of rotatable bonds is 3. The molecule has 5 heteroatoms. The molecule has 0 saturated heterocycles. The first-order valence-electron chi connectivity index (χ1n) is 2.89. The SMILES string of the molecule is CNC(C)(C)S(=O)(=O)CO. The van der Waals surface area contributed by atoms with Gasteiger partial charge in [-0.15, -0.1) is 0 Å². The van der Waals surface area contributed by atoms with E-state index in [1.807, 2.05) is 0 Å². The average molecular weight is 167 g/mol. The minimum absolute atomic E-state index is 0.819. The molecule has 0 fully saturated rings. The van der Waals surface area contributed by atoms with Crippen LogP contribution in [0.25, 0.3) is 0 Å². The van der Waals surface area contributed by atoms with Crippen molar-refractivity contribution in [3.8, 4) is 0 Å². The summed E-state index contributed by atoms with van der Waals surface area (Å²) in [6.45, 7) is 3.00. The Balaban J connectivity index is 4.64. The van der Waals surface area contributed by atoms with E-state index < -0.39 is 20.6 Å². The van der Waals surface area contributed by atoms with Crippen LogP contribution >= 0.6 is 0 Å². The Morgan fingerprint density at radius 3 is 2.00 bits per heavy atom. The number of aliphatic hydroxyl groups is 1. The number of sulfone groups is 1. The van der Waals surface area contributed by atoms with E-state index in [1.54, 1.807) is 0 Å². The summed E-state index contributed by atoms with van der Waals surface area (Å²) >= 11 is 0. The molecular weight excluding hydrogens is 154 g/mol. The largest absolute Gasteiger partial charge is 0.380 e. The molecule has 0 saturated carbocycles. The standard InChI is InChI=1S/C5H13NO3S/c1-5(2,6-3)10(8,9)4-7/h6-7H,4H2,1-3H3. The molecule has 10 heavy (non-hydrogen) atoms. The molecule has 62 valence electrons. The van der Waals surface area contributed by atoms with Crippen molar-refractivity contribution in [2.24, 2.45) is 0 Å². The Hall–Kier alpha value is -0.130. The van der Waals surface area contributed by atoms with E-state index in [2.05, 4.69) is 5.32 Å². The fourth-order valence-corrected chi connectivity index (χ4v) is 0.951. The molecule has 0 unspecified atom stereocenters. The average Bonchev–Trinajstić information content (AvgIpc) is 1.88. The van der Waals surface area contributed by atoms with Crippen LogP contribution in [0.15, 0.2) is 0 Å². The van der Waals surface area contributed by atoms with Crippen molar-refractivity contribution in [3.63, 3.8) is 0 Å². The minimum atomic E-state index is -3.40. The first-order valence-corrected chi connectivity index (χ1v) is 4.54. The Morgan fingerprint density at radius 1 is 1.50 bits per heavy atom. The van der Waals surface area contributed by atoms with Crippen LogP contribution in [0.4, 0.5) is 0 Å². The molecule has 0 radical (unpaired) electrons. The van der Waals surface area contributed by atoms with E-state index in [9.17, 15) is 8.42 Å². The molecule has 0 aliphatic carbocycles. The second-order valence-corrected chi connectivity index (χ2v) is 5.01. The molecular formula is C5H13NO3S. The minimum Gasteiger partial charge on any atom is -0.380 e. The summed E-state index contributed by atoms with van der Waals surface area (Å²) < 4.78 is 21.9. The maximum Gasteiger partial charge on any atom is 0.192 e. The summed E-state index contributed by atoms with van der Waals surface area (Å²) in [5, 5.41) is 11.0. The Bertz CT molecular complexity index is 195. The summed E-state index contributed by atoms with van der Waals surface area (Å²) in [7, 11) is -1.87. The highest BCUT2D eigenvalue weighted by atomic mass is 32.2. The molecule has 2 N–H and O–H groups in total. The van der Waals surface area contributed by atoms with Crippen LogP contribution in [0, 0.1) is 0 Å². The van der Waals surface area contributed by atoms with Crippen LogP contribution in [0.3, 0.4) is 0 Å². The maximum absolute atomic E-state index is 10.9. The lowest BCUT2D eigenvalue weighted by molar-refractivity contribution is 0.349. The summed E-state index contributed by atoms with van der Waals surface area (Å²) in [6, 6.07) is 0. The fraction of sp³-hybridized carbons (Fsp3) is 1.00. The molecule has 0 aliphatic rings. The summed E-state index contributed by atoms with van der Waals surface area (Å²) in [4.78, 5) is -1.04. The normalized spacial score (nSPS) is 13.6. The van der Waals surface area contributed by atoms with Crippen LogP contribution in [-0.4, -0.2) is 31.4 Å². The lowest BCUT2D eigenvalue weighted by Gasteiger charge is -2.22. The number of nitrogens with one attached hydrogen (secondary N) is 1. The molecule has 0 bridgehead atoms. The van der Waals surface area contributed by atoms with E-state index in [0.29, 0.717) is 0 Å². The third kappa shape index (κ3) is 1.68. The van der Waals surface area contributed by atoms with Gasteiger partial charge < -0.3 is 10.4 Å². The van der Waals surface area contributed by atoms with Gasteiger partial charge in [-0.05, 0) is 20.9 Å². The number of hydrogen-bond acceptors (Lipinski definition) is 4. The van der Waals surface area contributed by atoms with E-state index in [-0.39, 0.29) is 0 Å². The van der Waals surface area contributed by atoms with Gasteiger partial charge in [0.25, 0.3) is 0 Å². The van der Waals surface area contributed by atoms with Gasteiger partial charge in [0.2, 0.25) is 0 Å². The molecule has 0 amide bonds. The van der Waals surface area contributed by atoms with Crippen molar-refractivity contribution in [3.05, 3.63) is 0 Å². The molecule has 0 aromatic heterocycles. The van der Waals surface area contributed by atoms with Crippen LogP contribution in [0.5, 0.6) is 0 Å². The van der Waals surface area contributed by atoms with Crippen LogP contribution in [-0.2, 0) is 9.84 Å². The highest BCUT2D eigenvalue weighted by Crippen LogP contribution is 2.10. The topological polar surface area (TPSA) is 66.4 Å².